The molecular formula is C10H13BrClNO2. The Morgan fingerprint density at radius 2 is 2.20 bits per heavy atom. The Morgan fingerprint density at radius 1 is 1.53 bits per heavy atom. The van der Waals surface area contributed by atoms with Gasteiger partial charge in [0.05, 0.1) is 16.3 Å². The first kappa shape index (κ1) is 12.6. The standard InChI is InChI=1S/C10H13BrClNO2/c1-6(14-2)5-15-10-8(11)3-7(12)4-9(10)13/h3-4,6H,5,13H2,1-2H3. The van der Waals surface area contributed by atoms with Gasteiger partial charge in [0, 0.05) is 12.1 Å². The Labute approximate surface area is 103 Å². The molecule has 1 aromatic rings. The van der Waals surface area contributed by atoms with E-state index in [0.717, 1.165) is 4.47 Å². The Balaban J connectivity index is 2.77. The lowest BCUT2D eigenvalue weighted by Crippen LogP contribution is -2.16. The zero-order valence-electron chi connectivity index (χ0n) is 8.59. The van der Waals surface area contributed by atoms with E-state index < -0.39 is 0 Å². The SMILES string of the molecule is COC(C)COc1c(N)cc(Cl)cc1Br. The van der Waals surface area contributed by atoms with E-state index in [1.54, 1.807) is 19.2 Å². The minimum absolute atomic E-state index is 0.0204. The Hall–Kier alpha value is -0.450. The van der Waals surface area contributed by atoms with Crippen LogP contribution in [0, 0.1) is 0 Å². The lowest BCUT2D eigenvalue weighted by Gasteiger charge is -2.14. The number of hydrogen-bond acceptors (Lipinski definition) is 3. The van der Waals surface area contributed by atoms with Gasteiger partial charge in [-0.1, -0.05) is 11.6 Å². The van der Waals surface area contributed by atoms with Crippen molar-refractivity contribution in [3.8, 4) is 5.75 Å². The number of rotatable bonds is 4. The molecule has 0 aliphatic heterocycles. The predicted molar refractivity (Wildman–Crippen MR) is 65.5 cm³/mol. The Morgan fingerprint density at radius 3 is 2.73 bits per heavy atom. The molecule has 0 amide bonds. The number of nitrogens with two attached hydrogens (primary N) is 1. The topological polar surface area (TPSA) is 44.5 Å². The van der Waals surface area contributed by atoms with Crippen molar-refractivity contribution in [1.82, 2.24) is 0 Å². The van der Waals surface area contributed by atoms with Crippen LogP contribution in [0.2, 0.25) is 5.02 Å². The summed E-state index contributed by atoms with van der Waals surface area (Å²) in [5.41, 5.74) is 6.28. The fraction of sp³-hybridized carbons (Fsp3) is 0.400. The van der Waals surface area contributed by atoms with Crippen LogP contribution in [0.3, 0.4) is 0 Å². The van der Waals surface area contributed by atoms with Gasteiger partial charge < -0.3 is 15.2 Å². The van der Waals surface area contributed by atoms with Crippen LogP contribution in [0.5, 0.6) is 5.75 Å². The molecule has 3 nitrogen and oxygen atoms in total. The van der Waals surface area contributed by atoms with Crippen LogP contribution in [-0.2, 0) is 4.74 Å². The third-order valence-corrected chi connectivity index (χ3v) is 2.71. The van der Waals surface area contributed by atoms with Crippen molar-refractivity contribution < 1.29 is 9.47 Å². The van der Waals surface area contributed by atoms with Crippen LogP contribution in [0.1, 0.15) is 6.92 Å². The number of nitrogen functional groups attached to an aromatic ring is 1. The zero-order valence-corrected chi connectivity index (χ0v) is 10.9. The minimum atomic E-state index is 0.0204. The maximum atomic E-state index is 5.82. The largest absolute Gasteiger partial charge is 0.488 e. The molecule has 5 heteroatoms. The number of ether oxygens (including phenoxy) is 2. The highest BCUT2D eigenvalue weighted by Crippen LogP contribution is 2.34. The van der Waals surface area contributed by atoms with E-state index in [1.807, 2.05) is 6.92 Å². The van der Waals surface area contributed by atoms with Gasteiger partial charge in [-0.25, -0.2) is 0 Å². The van der Waals surface area contributed by atoms with Crippen LogP contribution < -0.4 is 10.5 Å². The van der Waals surface area contributed by atoms with Crippen molar-refractivity contribution >= 4 is 33.2 Å². The van der Waals surface area contributed by atoms with Crippen molar-refractivity contribution in [2.75, 3.05) is 19.5 Å². The van der Waals surface area contributed by atoms with E-state index in [9.17, 15) is 0 Å². The van der Waals surface area contributed by atoms with E-state index in [2.05, 4.69) is 15.9 Å². The zero-order chi connectivity index (χ0) is 11.4. The molecular weight excluding hydrogens is 281 g/mol. The van der Waals surface area contributed by atoms with Gasteiger partial charge in [0.2, 0.25) is 0 Å². The van der Waals surface area contributed by atoms with Gasteiger partial charge in [-0.05, 0) is 35.0 Å². The smallest absolute Gasteiger partial charge is 0.156 e. The number of anilines is 1. The fourth-order valence-electron chi connectivity index (χ4n) is 1.00. The molecule has 2 N–H and O–H groups in total. The van der Waals surface area contributed by atoms with Gasteiger partial charge in [0.1, 0.15) is 6.61 Å². The summed E-state index contributed by atoms with van der Waals surface area (Å²) >= 11 is 9.16. The first-order valence-corrected chi connectivity index (χ1v) is 5.61. The van der Waals surface area contributed by atoms with Crippen LogP contribution in [0.15, 0.2) is 16.6 Å². The average Bonchev–Trinajstić information content (AvgIpc) is 2.15. The summed E-state index contributed by atoms with van der Waals surface area (Å²) in [6.07, 6.45) is 0.0204. The summed E-state index contributed by atoms with van der Waals surface area (Å²) in [5, 5.41) is 0.575. The number of hydrogen-bond donors (Lipinski definition) is 1. The molecule has 0 aromatic heterocycles. The molecule has 0 bridgehead atoms. The quantitative estimate of drug-likeness (QED) is 0.868. The Kier molecular flexibility index (Phi) is 4.70. The number of halogens is 2. The van der Waals surface area contributed by atoms with Gasteiger partial charge in [-0.3, -0.25) is 0 Å². The second kappa shape index (κ2) is 5.58. The van der Waals surface area contributed by atoms with Crippen molar-refractivity contribution in [1.29, 1.82) is 0 Å². The van der Waals surface area contributed by atoms with E-state index in [1.165, 1.54) is 0 Å². The monoisotopic (exact) mass is 293 g/mol. The van der Waals surface area contributed by atoms with Crippen molar-refractivity contribution in [3.05, 3.63) is 21.6 Å². The molecule has 0 aliphatic rings. The Bertz CT molecular complexity index is 323. The van der Waals surface area contributed by atoms with Crippen LogP contribution >= 0.6 is 27.5 Å². The normalized spacial score (nSPS) is 12.5. The summed E-state index contributed by atoms with van der Waals surface area (Å²) in [6, 6.07) is 3.39. The fourth-order valence-corrected chi connectivity index (χ4v) is 1.95. The molecule has 84 valence electrons. The molecule has 0 heterocycles. The summed E-state index contributed by atoms with van der Waals surface area (Å²) < 4.78 is 11.3. The number of methoxy groups -OCH3 is 1. The van der Waals surface area contributed by atoms with E-state index in [0.29, 0.717) is 23.1 Å². The highest BCUT2D eigenvalue weighted by atomic mass is 79.9. The maximum Gasteiger partial charge on any atom is 0.156 e. The second-order valence-corrected chi connectivity index (χ2v) is 4.45. The molecule has 1 aromatic carbocycles. The second-order valence-electron chi connectivity index (χ2n) is 3.16. The molecule has 15 heavy (non-hydrogen) atoms. The molecule has 1 unspecified atom stereocenters. The molecule has 0 saturated heterocycles. The third-order valence-electron chi connectivity index (χ3n) is 1.90. The number of benzene rings is 1. The molecule has 1 rings (SSSR count). The van der Waals surface area contributed by atoms with Gasteiger partial charge in [-0.15, -0.1) is 0 Å². The highest BCUT2D eigenvalue weighted by Gasteiger charge is 2.09. The van der Waals surface area contributed by atoms with E-state index >= 15 is 0 Å². The van der Waals surface area contributed by atoms with Crippen LogP contribution in [0.4, 0.5) is 5.69 Å². The summed E-state index contributed by atoms with van der Waals surface area (Å²) in [5.74, 6) is 0.600. The van der Waals surface area contributed by atoms with Crippen molar-refractivity contribution in [2.45, 2.75) is 13.0 Å². The van der Waals surface area contributed by atoms with Gasteiger partial charge in [0.15, 0.2) is 5.75 Å². The predicted octanol–water partition coefficient (Wildman–Crippen LogP) is 3.10. The maximum absolute atomic E-state index is 5.82. The van der Waals surface area contributed by atoms with Gasteiger partial charge >= 0.3 is 0 Å². The summed E-state index contributed by atoms with van der Waals surface area (Å²) in [7, 11) is 1.63. The lowest BCUT2D eigenvalue weighted by atomic mass is 10.3. The average molecular weight is 295 g/mol. The van der Waals surface area contributed by atoms with Gasteiger partial charge in [0.25, 0.3) is 0 Å². The molecule has 1 atom stereocenters. The molecule has 0 fully saturated rings. The highest BCUT2D eigenvalue weighted by molar-refractivity contribution is 9.10. The van der Waals surface area contributed by atoms with E-state index in [4.69, 9.17) is 26.8 Å². The summed E-state index contributed by atoms with van der Waals surface area (Å²) in [4.78, 5) is 0. The first-order valence-electron chi connectivity index (χ1n) is 4.44. The molecule has 0 aliphatic carbocycles. The van der Waals surface area contributed by atoms with Crippen molar-refractivity contribution in [3.63, 3.8) is 0 Å². The summed E-state index contributed by atoms with van der Waals surface area (Å²) in [6.45, 7) is 2.36. The lowest BCUT2D eigenvalue weighted by molar-refractivity contribution is 0.0717. The van der Waals surface area contributed by atoms with Crippen molar-refractivity contribution in [2.24, 2.45) is 0 Å². The van der Waals surface area contributed by atoms with Crippen LogP contribution in [0.25, 0.3) is 0 Å². The third kappa shape index (κ3) is 3.55. The first-order chi connectivity index (χ1) is 7.04. The minimum Gasteiger partial charge on any atom is -0.488 e. The van der Waals surface area contributed by atoms with Crippen LogP contribution in [-0.4, -0.2) is 19.8 Å². The van der Waals surface area contributed by atoms with Gasteiger partial charge in [-0.2, -0.15) is 0 Å². The van der Waals surface area contributed by atoms with E-state index in [-0.39, 0.29) is 6.10 Å². The molecule has 0 saturated carbocycles. The molecule has 0 spiro atoms. The molecule has 0 radical (unpaired) electrons.